The van der Waals surface area contributed by atoms with Crippen LogP contribution in [0.3, 0.4) is 0 Å². The van der Waals surface area contributed by atoms with Gasteiger partial charge in [-0.3, -0.25) is 14.9 Å². The van der Waals surface area contributed by atoms with Crippen molar-refractivity contribution in [3.8, 4) is 0 Å². The molecule has 2 heterocycles. The number of nitro benzene ring substituents is 1. The van der Waals surface area contributed by atoms with E-state index in [0.29, 0.717) is 23.1 Å². The minimum Gasteiger partial charge on any atom is -0.301 e. The molecule has 1 saturated heterocycles. The molecule has 1 fully saturated rings. The van der Waals surface area contributed by atoms with E-state index in [9.17, 15) is 27.7 Å². The molecule has 1 amide bonds. The fourth-order valence-corrected chi connectivity index (χ4v) is 5.86. The van der Waals surface area contributed by atoms with Gasteiger partial charge in [0, 0.05) is 18.7 Å². The average molecular weight is 450 g/mol. The third-order valence-corrected chi connectivity index (χ3v) is 7.60. The first-order chi connectivity index (χ1) is 14.3. The number of carbonyl (C=O) groups is 1. The van der Waals surface area contributed by atoms with E-state index in [1.807, 2.05) is 0 Å². The number of hydrogen-bond donors (Lipinski definition) is 1. The first kappa shape index (κ1) is 20.3. The number of carbonyl (C=O) groups excluding carboxylic acids is 1. The van der Waals surface area contributed by atoms with Gasteiger partial charge >= 0.3 is 0 Å². The van der Waals surface area contributed by atoms with Crippen LogP contribution in [-0.2, 0) is 14.8 Å². The van der Waals surface area contributed by atoms with Gasteiger partial charge in [0.1, 0.15) is 11.9 Å². The van der Waals surface area contributed by atoms with Crippen LogP contribution in [0.1, 0.15) is 12.8 Å². The van der Waals surface area contributed by atoms with E-state index < -0.39 is 32.7 Å². The van der Waals surface area contributed by atoms with E-state index in [1.54, 1.807) is 0 Å². The second-order valence-corrected chi connectivity index (χ2v) is 9.57. The van der Waals surface area contributed by atoms with Crippen LogP contribution in [-0.4, -0.2) is 41.1 Å². The number of fused-ring (bicyclic) bond motifs is 1. The Morgan fingerprint density at radius 1 is 1.27 bits per heavy atom. The summed E-state index contributed by atoms with van der Waals surface area (Å²) >= 11 is 1.07. The number of aromatic nitrogens is 1. The summed E-state index contributed by atoms with van der Waals surface area (Å²) in [5.41, 5.74) is 0.402. The Hall–Kier alpha value is -2.96. The smallest absolute Gasteiger partial charge is 0.270 e. The topological polar surface area (TPSA) is 123 Å². The van der Waals surface area contributed by atoms with Crippen LogP contribution < -0.4 is 5.32 Å². The van der Waals surface area contributed by atoms with Crippen LogP contribution >= 0.6 is 11.3 Å². The highest BCUT2D eigenvalue weighted by molar-refractivity contribution is 7.89. The molecule has 3 aromatic rings. The number of nitrogens with one attached hydrogen (secondary N) is 1. The third-order valence-electron chi connectivity index (χ3n) is 4.74. The van der Waals surface area contributed by atoms with Crippen LogP contribution in [0, 0.1) is 15.9 Å². The van der Waals surface area contributed by atoms with Gasteiger partial charge in [-0.15, -0.1) is 0 Å². The lowest BCUT2D eigenvalue weighted by molar-refractivity contribution is -0.384. The number of hydrogen-bond acceptors (Lipinski definition) is 7. The Kier molecular flexibility index (Phi) is 5.22. The number of thiazole rings is 1. The molecule has 0 saturated carbocycles. The Morgan fingerprint density at radius 2 is 2.00 bits per heavy atom. The number of nitrogens with zero attached hydrogens (tertiary/aromatic N) is 3. The third kappa shape index (κ3) is 3.76. The maximum atomic E-state index is 13.1. The number of amides is 1. The predicted molar refractivity (Wildman–Crippen MR) is 108 cm³/mol. The lowest BCUT2D eigenvalue weighted by Gasteiger charge is -2.23. The lowest BCUT2D eigenvalue weighted by Crippen LogP contribution is -2.43. The van der Waals surface area contributed by atoms with Crippen molar-refractivity contribution in [3.63, 3.8) is 0 Å². The van der Waals surface area contributed by atoms with Gasteiger partial charge in [0.2, 0.25) is 15.9 Å². The molecule has 0 aliphatic carbocycles. The maximum absolute atomic E-state index is 13.1. The minimum atomic E-state index is -3.97. The lowest BCUT2D eigenvalue weighted by atomic mass is 10.2. The van der Waals surface area contributed by atoms with Crippen molar-refractivity contribution in [1.82, 2.24) is 9.29 Å². The Bertz CT molecular complexity index is 1240. The van der Waals surface area contributed by atoms with Gasteiger partial charge in [-0.2, -0.15) is 4.31 Å². The van der Waals surface area contributed by atoms with E-state index in [-0.39, 0.29) is 22.3 Å². The van der Waals surface area contributed by atoms with Gasteiger partial charge < -0.3 is 5.32 Å². The van der Waals surface area contributed by atoms with E-state index in [4.69, 9.17) is 0 Å². The molecular weight excluding hydrogens is 435 g/mol. The molecule has 2 aromatic carbocycles. The highest BCUT2D eigenvalue weighted by Crippen LogP contribution is 2.31. The molecule has 4 rings (SSSR count). The molecule has 0 bridgehead atoms. The van der Waals surface area contributed by atoms with Crippen LogP contribution in [0.5, 0.6) is 0 Å². The number of benzene rings is 2. The minimum absolute atomic E-state index is 0.0867. The normalized spacial score (nSPS) is 17.3. The highest BCUT2D eigenvalue weighted by atomic mass is 32.2. The molecule has 1 aromatic heterocycles. The predicted octanol–water partition coefficient (Wildman–Crippen LogP) is 3.14. The fourth-order valence-electron chi connectivity index (χ4n) is 3.30. The molecule has 1 N–H and O–H groups in total. The van der Waals surface area contributed by atoms with E-state index >= 15 is 0 Å². The Morgan fingerprint density at radius 3 is 2.70 bits per heavy atom. The number of rotatable bonds is 5. The van der Waals surface area contributed by atoms with Crippen molar-refractivity contribution >= 4 is 48.3 Å². The quantitative estimate of drug-likeness (QED) is 0.471. The summed E-state index contributed by atoms with van der Waals surface area (Å²) in [4.78, 5) is 27.3. The van der Waals surface area contributed by atoms with Gasteiger partial charge in [0.25, 0.3) is 5.69 Å². The van der Waals surface area contributed by atoms with E-state index in [1.165, 1.54) is 30.3 Å². The molecule has 12 heteroatoms. The number of sulfonamides is 1. The fraction of sp³-hybridized carbons (Fsp3) is 0.222. The van der Waals surface area contributed by atoms with Gasteiger partial charge in [-0.25, -0.2) is 17.8 Å². The molecule has 1 aliphatic rings. The van der Waals surface area contributed by atoms with Crippen molar-refractivity contribution < 1.29 is 22.5 Å². The zero-order valence-electron chi connectivity index (χ0n) is 15.3. The SMILES string of the molecule is O=C(Nc1nc2ccc([N+](=O)[O-])cc2s1)C1CCCN1S(=O)(=O)c1ccc(F)cc1. The number of non-ortho nitro benzene ring substituents is 1. The van der Waals surface area contributed by atoms with Crippen LogP contribution in [0.2, 0.25) is 0 Å². The summed E-state index contributed by atoms with van der Waals surface area (Å²) in [6.45, 7) is 0.170. The maximum Gasteiger partial charge on any atom is 0.270 e. The van der Waals surface area contributed by atoms with E-state index in [0.717, 1.165) is 27.8 Å². The molecule has 9 nitrogen and oxygen atoms in total. The summed E-state index contributed by atoms with van der Waals surface area (Å²) in [5, 5.41) is 13.7. The van der Waals surface area contributed by atoms with Gasteiger partial charge in [-0.05, 0) is 43.2 Å². The van der Waals surface area contributed by atoms with Crippen LogP contribution in [0.15, 0.2) is 47.4 Å². The summed E-state index contributed by atoms with van der Waals surface area (Å²) in [6.07, 6.45) is 0.840. The standard InChI is InChI=1S/C18H15FN4O5S2/c19-11-3-6-13(7-4-11)30(27,28)22-9-1-2-15(22)17(24)21-18-20-14-8-5-12(23(25)26)10-16(14)29-18/h3-8,10,15H,1-2,9H2,(H,20,21,24). The van der Waals surface area contributed by atoms with Crippen molar-refractivity contribution in [3.05, 3.63) is 58.4 Å². The van der Waals surface area contributed by atoms with Crippen molar-refractivity contribution in [2.75, 3.05) is 11.9 Å². The number of anilines is 1. The van der Waals surface area contributed by atoms with Crippen molar-refractivity contribution in [1.29, 1.82) is 0 Å². The molecule has 30 heavy (non-hydrogen) atoms. The molecular formula is C18H15FN4O5S2. The molecule has 1 aliphatic heterocycles. The summed E-state index contributed by atoms with van der Waals surface area (Å²) in [5.74, 6) is -1.09. The van der Waals surface area contributed by atoms with Gasteiger partial charge in [-0.1, -0.05) is 11.3 Å². The molecule has 156 valence electrons. The largest absolute Gasteiger partial charge is 0.301 e. The van der Waals surface area contributed by atoms with Crippen LogP contribution in [0.4, 0.5) is 15.2 Å². The van der Waals surface area contributed by atoms with Gasteiger partial charge in [0.15, 0.2) is 5.13 Å². The van der Waals surface area contributed by atoms with Crippen molar-refractivity contribution in [2.45, 2.75) is 23.8 Å². The number of nitro groups is 1. The second kappa shape index (κ2) is 7.70. The van der Waals surface area contributed by atoms with Gasteiger partial charge in [0.05, 0.1) is 20.0 Å². The summed E-state index contributed by atoms with van der Waals surface area (Å²) in [7, 11) is -3.97. The van der Waals surface area contributed by atoms with E-state index in [2.05, 4.69) is 10.3 Å². The first-order valence-corrected chi connectivity index (χ1v) is 11.1. The molecule has 0 radical (unpaired) electrons. The van der Waals surface area contributed by atoms with Crippen molar-refractivity contribution in [2.24, 2.45) is 0 Å². The number of halogens is 1. The molecule has 0 spiro atoms. The first-order valence-electron chi connectivity index (χ1n) is 8.89. The van der Waals surface area contributed by atoms with Crippen LogP contribution in [0.25, 0.3) is 10.2 Å². The monoisotopic (exact) mass is 450 g/mol. The zero-order chi connectivity index (χ0) is 21.5. The molecule has 1 atom stereocenters. The average Bonchev–Trinajstić information content (AvgIpc) is 3.34. The summed E-state index contributed by atoms with van der Waals surface area (Å²) < 4.78 is 40.6. The Labute approximate surface area is 174 Å². The summed E-state index contributed by atoms with van der Waals surface area (Å²) in [6, 6.07) is 7.68. The highest BCUT2D eigenvalue weighted by Gasteiger charge is 2.39. The second-order valence-electron chi connectivity index (χ2n) is 6.65. The molecule has 1 unspecified atom stereocenters. The Balaban J connectivity index is 1.56. The zero-order valence-corrected chi connectivity index (χ0v) is 17.0.